The molecule has 1 aromatic carbocycles. The highest BCUT2D eigenvalue weighted by atomic mass is 35.5. The van der Waals surface area contributed by atoms with Crippen LogP contribution in [0.25, 0.3) is 0 Å². The number of hydrogen-bond acceptors (Lipinski definition) is 2. The molecule has 0 amide bonds. The monoisotopic (exact) mass is 267 g/mol. The lowest BCUT2D eigenvalue weighted by Gasteiger charge is -2.38. The second-order valence-corrected chi connectivity index (χ2v) is 5.74. The summed E-state index contributed by atoms with van der Waals surface area (Å²) in [6.07, 6.45) is 3.79. The fourth-order valence-corrected chi connectivity index (χ4v) is 2.95. The molecule has 1 saturated heterocycles. The van der Waals surface area contributed by atoms with Crippen LogP contribution in [0.5, 0.6) is 0 Å². The van der Waals surface area contributed by atoms with Crippen LogP contribution in [0, 0.1) is 5.92 Å². The average molecular weight is 268 g/mol. The summed E-state index contributed by atoms with van der Waals surface area (Å²) in [5, 5.41) is 15.0. The molecule has 1 aliphatic rings. The van der Waals surface area contributed by atoms with Crippen molar-refractivity contribution in [1.29, 1.82) is 0 Å². The van der Waals surface area contributed by atoms with Gasteiger partial charge in [0.05, 0.1) is 5.60 Å². The van der Waals surface area contributed by atoms with E-state index in [4.69, 9.17) is 11.6 Å². The molecule has 0 aliphatic carbocycles. The predicted molar refractivity (Wildman–Crippen MR) is 76.0 cm³/mol. The van der Waals surface area contributed by atoms with Crippen LogP contribution in [0.4, 0.5) is 0 Å². The Morgan fingerprint density at radius 2 is 2.11 bits per heavy atom. The Balaban J connectivity index is 2.08. The van der Waals surface area contributed by atoms with Crippen LogP contribution in [0.15, 0.2) is 24.3 Å². The first-order valence-electron chi connectivity index (χ1n) is 6.81. The first-order valence-corrected chi connectivity index (χ1v) is 7.19. The predicted octanol–water partition coefficient (Wildman–Crippen LogP) is 3.02. The van der Waals surface area contributed by atoms with Crippen molar-refractivity contribution in [2.24, 2.45) is 5.92 Å². The normalized spacial score (nSPS) is 23.6. The Bertz CT molecular complexity index is 373. The molecule has 2 rings (SSSR count). The third-order valence-electron chi connectivity index (χ3n) is 4.09. The SMILES string of the molecule is CC[C@@](O)(Cc1ccc(Cl)cc1)[C@@H]1CCCNC1. The lowest BCUT2D eigenvalue weighted by Crippen LogP contribution is -2.47. The number of hydrogen-bond donors (Lipinski definition) is 2. The van der Waals surface area contributed by atoms with Gasteiger partial charge in [0.25, 0.3) is 0 Å². The third-order valence-corrected chi connectivity index (χ3v) is 4.34. The number of aliphatic hydroxyl groups is 1. The van der Waals surface area contributed by atoms with Crippen LogP contribution in [0.1, 0.15) is 31.7 Å². The van der Waals surface area contributed by atoms with Gasteiger partial charge in [0.15, 0.2) is 0 Å². The smallest absolute Gasteiger partial charge is 0.0725 e. The quantitative estimate of drug-likeness (QED) is 0.879. The first-order chi connectivity index (χ1) is 8.64. The minimum atomic E-state index is -0.596. The second kappa shape index (κ2) is 6.05. The van der Waals surface area contributed by atoms with E-state index in [1.807, 2.05) is 24.3 Å². The van der Waals surface area contributed by atoms with Crippen LogP contribution in [0.3, 0.4) is 0 Å². The maximum atomic E-state index is 10.9. The molecular weight excluding hydrogens is 246 g/mol. The van der Waals surface area contributed by atoms with Crippen LogP contribution in [0.2, 0.25) is 5.02 Å². The first kappa shape index (κ1) is 13.9. The van der Waals surface area contributed by atoms with Gasteiger partial charge in [0.2, 0.25) is 0 Å². The molecule has 100 valence electrons. The lowest BCUT2D eigenvalue weighted by atomic mass is 9.76. The molecule has 0 spiro atoms. The summed E-state index contributed by atoms with van der Waals surface area (Å²) in [7, 11) is 0. The van der Waals surface area contributed by atoms with Crippen LogP contribution >= 0.6 is 11.6 Å². The van der Waals surface area contributed by atoms with Gasteiger partial charge in [0, 0.05) is 23.9 Å². The Labute approximate surface area is 114 Å². The van der Waals surface area contributed by atoms with E-state index < -0.39 is 5.60 Å². The molecule has 2 atom stereocenters. The van der Waals surface area contributed by atoms with Crippen molar-refractivity contribution in [3.63, 3.8) is 0 Å². The van der Waals surface area contributed by atoms with Gasteiger partial charge in [-0.1, -0.05) is 30.7 Å². The summed E-state index contributed by atoms with van der Waals surface area (Å²) in [4.78, 5) is 0. The second-order valence-electron chi connectivity index (χ2n) is 5.30. The molecule has 0 unspecified atom stereocenters. The summed E-state index contributed by atoms with van der Waals surface area (Å²) in [6.45, 7) is 4.08. The van der Waals surface area contributed by atoms with Crippen LogP contribution < -0.4 is 5.32 Å². The van der Waals surface area contributed by atoms with Crippen molar-refractivity contribution in [2.45, 2.75) is 38.2 Å². The molecule has 0 radical (unpaired) electrons. The Hall–Kier alpha value is -0.570. The summed E-state index contributed by atoms with van der Waals surface area (Å²) >= 11 is 5.89. The minimum Gasteiger partial charge on any atom is -0.389 e. The van der Waals surface area contributed by atoms with E-state index in [9.17, 15) is 5.11 Å². The lowest BCUT2D eigenvalue weighted by molar-refractivity contribution is -0.0305. The molecule has 3 heteroatoms. The molecule has 1 aliphatic heterocycles. The zero-order valence-corrected chi connectivity index (χ0v) is 11.7. The van der Waals surface area contributed by atoms with Gasteiger partial charge in [0.1, 0.15) is 0 Å². The van der Waals surface area contributed by atoms with Crippen LogP contribution in [-0.4, -0.2) is 23.8 Å². The molecule has 0 saturated carbocycles. The summed E-state index contributed by atoms with van der Waals surface area (Å²) in [5.41, 5.74) is 0.565. The van der Waals surface area contributed by atoms with E-state index in [0.717, 1.165) is 42.9 Å². The van der Waals surface area contributed by atoms with E-state index in [1.165, 1.54) is 0 Å². The summed E-state index contributed by atoms with van der Waals surface area (Å²) in [6, 6.07) is 7.82. The van der Waals surface area contributed by atoms with E-state index >= 15 is 0 Å². The summed E-state index contributed by atoms with van der Waals surface area (Å²) in [5.74, 6) is 0.354. The van der Waals surface area contributed by atoms with Gasteiger partial charge in [-0.15, -0.1) is 0 Å². The minimum absolute atomic E-state index is 0.354. The number of halogens is 1. The summed E-state index contributed by atoms with van der Waals surface area (Å²) < 4.78 is 0. The topological polar surface area (TPSA) is 32.3 Å². The van der Waals surface area contributed by atoms with E-state index in [0.29, 0.717) is 12.3 Å². The van der Waals surface area contributed by atoms with Gasteiger partial charge in [-0.25, -0.2) is 0 Å². The van der Waals surface area contributed by atoms with Gasteiger partial charge in [-0.05, 0) is 43.5 Å². The average Bonchev–Trinajstić information content (AvgIpc) is 2.42. The highest BCUT2D eigenvalue weighted by Crippen LogP contribution is 2.31. The molecule has 1 aromatic rings. The number of piperidine rings is 1. The Morgan fingerprint density at radius 3 is 2.67 bits per heavy atom. The van der Waals surface area contributed by atoms with E-state index in [1.54, 1.807) is 0 Å². The van der Waals surface area contributed by atoms with Crippen molar-refractivity contribution in [2.75, 3.05) is 13.1 Å². The van der Waals surface area contributed by atoms with Gasteiger partial charge >= 0.3 is 0 Å². The molecule has 1 fully saturated rings. The molecular formula is C15H22ClNO. The Morgan fingerprint density at radius 1 is 1.39 bits per heavy atom. The van der Waals surface area contributed by atoms with Crippen LogP contribution in [-0.2, 0) is 6.42 Å². The molecule has 0 bridgehead atoms. The van der Waals surface area contributed by atoms with E-state index in [2.05, 4.69) is 12.2 Å². The van der Waals surface area contributed by atoms with Gasteiger partial charge in [-0.2, -0.15) is 0 Å². The fraction of sp³-hybridized carbons (Fsp3) is 0.600. The zero-order chi connectivity index (χ0) is 13.0. The zero-order valence-electron chi connectivity index (χ0n) is 11.0. The van der Waals surface area contributed by atoms with Crippen molar-refractivity contribution in [3.8, 4) is 0 Å². The van der Waals surface area contributed by atoms with Gasteiger partial charge in [-0.3, -0.25) is 0 Å². The number of benzene rings is 1. The Kier molecular flexibility index (Phi) is 4.66. The fourth-order valence-electron chi connectivity index (χ4n) is 2.82. The van der Waals surface area contributed by atoms with Crippen molar-refractivity contribution in [3.05, 3.63) is 34.9 Å². The van der Waals surface area contributed by atoms with E-state index in [-0.39, 0.29) is 0 Å². The standard InChI is InChI=1S/C15H22ClNO/c1-2-15(18,13-4-3-9-17-11-13)10-12-5-7-14(16)8-6-12/h5-8,13,17-18H,2-4,9-11H2,1H3/t13-,15-/m1/s1. The largest absolute Gasteiger partial charge is 0.389 e. The van der Waals surface area contributed by atoms with Crippen molar-refractivity contribution < 1.29 is 5.11 Å². The number of nitrogens with one attached hydrogen (secondary N) is 1. The maximum absolute atomic E-state index is 10.9. The molecule has 2 nitrogen and oxygen atoms in total. The number of rotatable bonds is 4. The molecule has 18 heavy (non-hydrogen) atoms. The highest BCUT2D eigenvalue weighted by Gasteiger charge is 2.35. The van der Waals surface area contributed by atoms with Crippen molar-refractivity contribution >= 4 is 11.6 Å². The highest BCUT2D eigenvalue weighted by molar-refractivity contribution is 6.30. The van der Waals surface area contributed by atoms with Crippen molar-refractivity contribution in [1.82, 2.24) is 5.32 Å². The molecule has 2 N–H and O–H groups in total. The molecule has 1 heterocycles. The molecule has 0 aromatic heterocycles. The third kappa shape index (κ3) is 3.25. The maximum Gasteiger partial charge on any atom is 0.0725 e. The van der Waals surface area contributed by atoms with Gasteiger partial charge < -0.3 is 10.4 Å².